The Kier molecular flexibility index (Phi) is 4.15. The van der Waals surface area contributed by atoms with E-state index in [-0.39, 0.29) is 5.75 Å². The Morgan fingerprint density at radius 2 is 2.00 bits per heavy atom. The van der Waals surface area contributed by atoms with Gasteiger partial charge in [-0.2, -0.15) is 0 Å². The first-order chi connectivity index (χ1) is 8.56. The molecule has 2 rings (SSSR count). The van der Waals surface area contributed by atoms with Crippen molar-refractivity contribution in [3.05, 3.63) is 57.0 Å². The van der Waals surface area contributed by atoms with E-state index in [0.717, 1.165) is 21.3 Å². The summed E-state index contributed by atoms with van der Waals surface area (Å²) in [5, 5.41) is 13.7. The minimum atomic E-state index is 0.283. The highest BCUT2D eigenvalue weighted by molar-refractivity contribution is 9.10. The first-order valence-corrected chi connectivity index (χ1v) is 6.71. The summed E-state index contributed by atoms with van der Waals surface area (Å²) in [6.07, 6.45) is 0. The zero-order valence-electron chi connectivity index (χ0n) is 9.87. The average molecular weight is 327 g/mol. The van der Waals surface area contributed by atoms with Crippen LogP contribution in [0.25, 0.3) is 0 Å². The maximum Gasteiger partial charge on any atom is 0.120 e. The molecule has 94 valence electrons. The number of phenolic OH excluding ortho intramolecular Hbond substituents is 1. The van der Waals surface area contributed by atoms with Gasteiger partial charge in [-0.05, 0) is 42.8 Å². The van der Waals surface area contributed by atoms with Gasteiger partial charge in [-0.15, -0.1) is 0 Å². The molecular formula is C14H13BrClNO. The maximum absolute atomic E-state index is 9.75. The van der Waals surface area contributed by atoms with Gasteiger partial charge < -0.3 is 10.4 Å². The summed E-state index contributed by atoms with van der Waals surface area (Å²) in [5.74, 6) is 0.283. The lowest BCUT2D eigenvalue weighted by Crippen LogP contribution is -2.01. The molecule has 0 aliphatic carbocycles. The van der Waals surface area contributed by atoms with E-state index in [1.165, 1.54) is 0 Å². The topological polar surface area (TPSA) is 32.3 Å². The van der Waals surface area contributed by atoms with Crippen LogP contribution >= 0.6 is 27.5 Å². The Morgan fingerprint density at radius 3 is 2.78 bits per heavy atom. The maximum atomic E-state index is 9.75. The number of nitrogens with one attached hydrogen (secondary N) is 1. The average Bonchev–Trinajstić information content (AvgIpc) is 2.34. The third-order valence-electron chi connectivity index (χ3n) is 2.71. The minimum absolute atomic E-state index is 0.283. The van der Waals surface area contributed by atoms with Crippen molar-refractivity contribution in [2.45, 2.75) is 13.5 Å². The number of anilines is 1. The fourth-order valence-corrected chi connectivity index (χ4v) is 2.25. The zero-order chi connectivity index (χ0) is 13.1. The van der Waals surface area contributed by atoms with Crippen molar-refractivity contribution in [1.82, 2.24) is 0 Å². The first-order valence-electron chi connectivity index (χ1n) is 5.53. The lowest BCUT2D eigenvalue weighted by molar-refractivity contribution is 0.469. The summed E-state index contributed by atoms with van der Waals surface area (Å²) < 4.78 is 0.944. The van der Waals surface area contributed by atoms with Gasteiger partial charge in [0.2, 0.25) is 0 Å². The summed E-state index contributed by atoms with van der Waals surface area (Å²) in [6.45, 7) is 2.56. The van der Waals surface area contributed by atoms with Crippen molar-refractivity contribution < 1.29 is 5.11 Å². The van der Waals surface area contributed by atoms with Gasteiger partial charge in [0.1, 0.15) is 5.75 Å². The number of aryl methyl sites for hydroxylation is 1. The highest BCUT2D eigenvalue weighted by Crippen LogP contribution is 2.25. The van der Waals surface area contributed by atoms with Crippen molar-refractivity contribution >= 4 is 33.2 Å². The Morgan fingerprint density at radius 1 is 1.22 bits per heavy atom. The van der Waals surface area contributed by atoms with Crippen molar-refractivity contribution in [2.24, 2.45) is 0 Å². The molecular weight excluding hydrogens is 314 g/mol. The van der Waals surface area contributed by atoms with Gasteiger partial charge in [-0.1, -0.05) is 33.6 Å². The Hall–Kier alpha value is -1.19. The predicted molar refractivity (Wildman–Crippen MR) is 79.3 cm³/mol. The number of halogens is 2. The summed E-state index contributed by atoms with van der Waals surface area (Å²) in [7, 11) is 0. The van der Waals surface area contributed by atoms with Crippen LogP contribution in [0.3, 0.4) is 0 Å². The van der Waals surface area contributed by atoms with E-state index >= 15 is 0 Å². The van der Waals surface area contributed by atoms with Gasteiger partial charge in [0, 0.05) is 27.3 Å². The predicted octanol–water partition coefficient (Wildman–Crippen LogP) is 4.73. The molecule has 0 bridgehead atoms. The van der Waals surface area contributed by atoms with Gasteiger partial charge in [0.25, 0.3) is 0 Å². The van der Waals surface area contributed by atoms with Gasteiger partial charge in [0.15, 0.2) is 0 Å². The van der Waals surface area contributed by atoms with Gasteiger partial charge >= 0.3 is 0 Å². The van der Waals surface area contributed by atoms with Gasteiger partial charge in [-0.25, -0.2) is 0 Å². The van der Waals surface area contributed by atoms with E-state index in [0.29, 0.717) is 11.6 Å². The molecule has 0 unspecified atom stereocenters. The van der Waals surface area contributed by atoms with E-state index in [4.69, 9.17) is 11.6 Å². The Balaban J connectivity index is 2.16. The SMILES string of the molecule is Cc1ccc(Cl)cc1NCc1cc(Br)ccc1O. The molecule has 0 atom stereocenters. The van der Waals surface area contributed by atoms with Crippen LogP contribution in [-0.4, -0.2) is 5.11 Å². The van der Waals surface area contributed by atoms with Crippen molar-refractivity contribution in [3.8, 4) is 5.75 Å². The lowest BCUT2D eigenvalue weighted by Gasteiger charge is -2.11. The molecule has 0 fully saturated rings. The molecule has 0 aliphatic heterocycles. The summed E-state index contributed by atoms with van der Waals surface area (Å²) in [5.41, 5.74) is 2.93. The second-order valence-corrected chi connectivity index (χ2v) is 5.44. The van der Waals surface area contributed by atoms with Crippen molar-refractivity contribution in [1.29, 1.82) is 0 Å². The van der Waals surface area contributed by atoms with Gasteiger partial charge in [-0.3, -0.25) is 0 Å². The summed E-state index contributed by atoms with van der Waals surface area (Å²) >= 11 is 9.35. The fraction of sp³-hybridized carbons (Fsp3) is 0.143. The van der Waals surface area contributed by atoms with Crippen LogP contribution in [0.5, 0.6) is 5.75 Å². The smallest absolute Gasteiger partial charge is 0.120 e. The first kappa shape index (κ1) is 13.2. The minimum Gasteiger partial charge on any atom is -0.508 e. The van der Waals surface area contributed by atoms with Crippen molar-refractivity contribution in [2.75, 3.05) is 5.32 Å². The van der Waals surface area contributed by atoms with Crippen LogP contribution in [0.2, 0.25) is 5.02 Å². The third kappa shape index (κ3) is 3.18. The van der Waals surface area contributed by atoms with Crippen LogP contribution in [0.15, 0.2) is 40.9 Å². The summed E-state index contributed by atoms with van der Waals surface area (Å²) in [6, 6.07) is 11.1. The third-order valence-corrected chi connectivity index (χ3v) is 3.44. The van der Waals surface area contributed by atoms with Crippen LogP contribution < -0.4 is 5.32 Å². The molecule has 0 saturated heterocycles. The Bertz CT molecular complexity index is 520. The second-order valence-electron chi connectivity index (χ2n) is 4.09. The van der Waals surface area contributed by atoms with Gasteiger partial charge in [0.05, 0.1) is 0 Å². The lowest BCUT2D eigenvalue weighted by atomic mass is 10.1. The molecule has 0 spiro atoms. The van der Waals surface area contributed by atoms with Crippen LogP contribution in [0.1, 0.15) is 11.1 Å². The Labute approximate surface area is 120 Å². The standard InChI is InChI=1S/C14H13BrClNO/c1-9-2-4-12(16)7-13(9)17-8-10-6-11(15)3-5-14(10)18/h2-7,17-18H,8H2,1H3. The molecule has 0 heterocycles. The van der Waals surface area contributed by atoms with Crippen LogP contribution in [0.4, 0.5) is 5.69 Å². The number of aromatic hydroxyl groups is 1. The molecule has 18 heavy (non-hydrogen) atoms. The molecule has 0 aliphatic rings. The molecule has 0 amide bonds. The van der Waals surface area contributed by atoms with Crippen LogP contribution in [0, 0.1) is 6.92 Å². The second kappa shape index (κ2) is 5.63. The number of hydrogen-bond acceptors (Lipinski definition) is 2. The number of phenols is 1. The molecule has 2 nitrogen and oxygen atoms in total. The molecule has 4 heteroatoms. The number of rotatable bonds is 3. The van der Waals surface area contributed by atoms with E-state index in [2.05, 4.69) is 21.2 Å². The fourth-order valence-electron chi connectivity index (χ4n) is 1.67. The zero-order valence-corrected chi connectivity index (χ0v) is 12.2. The van der Waals surface area contributed by atoms with E-state index in [1.54, 1.807) is 6.07 Å². The highest BCUT2D eigenvalue weighted by atomic mass is 79.9. The molecule has 2 aromatic rings. The van der Waals surface area contributed by atoms with Crippen molar-refractivity contribution in [3.63, 3.8) is 0 Å². The number of benzene rings is 2. The molecule has 2 aromatic carbocycles. The largest absolute Gasteiger partial charge is 0.508 e. The molecule has 2 N–H and O–H groups in total. The quantitative estimate of drug-likeness (QED) is 0.854. The monoisotopic (exact) mass is 325 g/mol. The molecule has 0 radical (unpaired) electrons. The highest BCUT2D eigenvalue weighted by Gasteiger charge is 2.04. The number of hydrogen-bond donors (Lipinski definition) is 2. The van der Waals surface area contributed by atoms with E-state index < -0.39 is 0 Å². The molecule has 0 saturated carbocycles. The van der Waals surface area contributed by atoms with E-state index in [9.17, 15) is 5.11 Å². The summed E-state index contributed by atoms with van der Waals surface area (Å²) in [4.78, 5) is 0. The van der Waals surface area contributed by atoms with Crippen LogP contribution in [-0.2, 0) is 6.54 Å². The normalized spacial score (nSPS) is 10.4. The van der Waals surface area contributed by atoms with E-state index in [1.807, 2.05) is 37.3 Å². The molecule has 0 aromatic heterocycles.